The molecule has 0 aliphatic heterocycles. The van der Waals surface area contributed by atoms with Gasteiger partial charge in [-0.3, -0.25) is 14.9 Å². The lowest BCUT2D eigenvalue weighted by atomic mass is 10.1. The molecule has 4 aromatic rings. The number of anilines is 1. The zero-order valence-corrected chi connectivity index (χ0v) is 15.4. The Hall–Kier alpha value is -4.53. The average Bonchev–Trinajstić information content (AvgIpc) is 3.30. The van der Waals surface area contributed by atoms with Crippen molar-refractivity contribution in [2.75, 3.05) is 5.32 Å². The van der Waals surface area contributed by atoms with E-state index < -0.39 is 10.8 Å². The summed E-state index contributed by atoms with van der Waals surface area (Å²) in [6, 6.07) is 19.5. The second-order valence-electron chi connectivity index (χ2n) is 6.13. The number of non-ortho nitro benzene ring substituents is 1. The van der Waals surface area contributed by atoms with Gasteiger partial charge < -0.3 is 14.5 Å². The van der Waals surface area contributed by atoms with Gasteiger partial charge in [0.1, 0.15) is 11.5 Å². The Bertz CT molecular complexity index is 1190. The molecule has 1 heterocycles. The molecule has 0 atom stereocenters. The van der Waals surface area contributed by atoms with Crippen molar-refractivity contribution in [2.24, 2.45) is 0 Å². The van der Waals surface area contributed by atoms with Gasteiger partial charge >= 0.3 is 0 Å². The van der Waals surface area contributed by atoms with Crippen molar-refractivity contribution in [1.82, 2.24) is 10.2 Å². The Kier molecular flexibility index (Phi) is 5.16. The van der Waals surface area contributed by atoms with Crippen LogP contribution in [0.4, 0.5) is 11.4 Å². The van der Waals surface area contributed by atoms with Gasteiger partial charge in [-0.2, -0.15) is 0 Å². The monoisotopic (exact) mass is 402 g/mol. The van der Waals surface area contributed by atoms with Crippen LogP contribution in [0.15, 0.2) is 83.6 Å². The van der Waals surface area contributed by atoms with Crippen molar-refractivity contribution in [2.45, 2.75) is 0 Å². The number of nitro benzene ring substituents is 1. The Morgan fingerprint density at radius 1 is 1.03 bits per heavy atom. The van der Waals surface area contributed by atoms with Crippen molar-refractivity contribution >= 4 is 17.3 Å². The summed E-state index contributed by atoms with van der Waals surface area (Å²) in [5.41, 5.74) is 0.870. The van der Waals surface area contributed by atoms with E-state index in [1.807, 2.05) is 6.07 Å². The molecule has 4 rings (SSSR count). The number of hydrogen-bond acceptors (Lipinski definition) is 7. The van der Waals surface area contributed by atoms with E-state index in [0.717, 1.165) is 0 Å². The Labute approximate surface area is 170 Å². The van der Waals surface area contributed by atoms with E-state index in [0.29, 0.717) is 22.9 Å². The quantitative estimate of drug-likeness (QED) is 0.367. The fourth-order valence-corrected chi connectivity index (χ4v) is 2.74. The number of ether oxygens (including phenoxy) is 1. The van der Waals surface area contributed by atoms with Crippen molar-refractivity contribution in [1.29, 1.82) is 0 Å². The maximum absolute atomic E-state index is 12.9. The Morgan fingerprint density at radius 2 is 1.87 bits per heavy atom. The van der Waals surface area contributed by atoms with Crippen LogP contribution in [0.3, 0.4) is 0 Å². The molecule has 3 aromatic carbocycles. The molecule has 0 bridgehead atoms. The van der Waals surface area contributed by atoms with E-state index in [1.54, 1.807) is 48.5 Å². The van der Waals surface area contributed by atoms with Crippen molar-refractivity contribution in [3.05, 3.63) is 94.9 Å². The molecule has 1 aromatic heterocycles. The fourth-order valence-electron chi connectivity index (χ4n) is 2.74. The van der Waals surface area contributed by atoms with Crippen LogP contribution in [0.1, 0.15) is 10.4 Å². The fraction of sp³-hybridized carbons (Fsp3) is 0. The number of amides is 1. The minimum absolute atomic E-state index is 0.0243. The van der Waals surface area contributed by atoms with Crippen LogP contribution >= 0.6 is 0 Å². The lowest BCUT2D eigenvalue weighted by Crippen LogP contribution is -2.13. The molecule has 1 N–H and O–H groups in total. The first-order valence-electron chi connectivity index (χ1n) is 8.79. The summed E-state index contributed by atoms with van der Waals surface area (Å²) in [6.45, 7) is 0. The van der Waals surface area contributed by atoms with Crippen LogP contribution in [0.5, 0.6) is 11.5 Å². The smallest absolute Gasteiger partial charge is 0.270 e. The highest BCUT2D eigenvalue weighted by Crippen LogP contribution is 2.30. The average molecular weight is 402 g/mol. The molecule has 9 heteroatoms. The summed E-state index contributed by atoms with van der Waals surface area (Å²) in [6.07, 6.45) is 1.21. The first kappa shape index (κ1) is 18.8. The van der Waals surface area contributed by atoms with Gasteiger partial charge in [0.25, 0.3) is 11.6 Å². The van der Waals surface area contributed by atoms with Crippen LogP contribution < -0.4 is 10.1 Å². The van der Waals surface area contributed by atoms with Crippen LogP contribution in [-0.4, -0.2) is 21.0 Å². The normalized spacial score (nSPS) is 10.4. The third-order valence-corrected chi connectivity index (χ3v) is 4.12. The van der Waals surface area contributed by atoms with E-state index in [9.17, 15) is 14.9 Å². The van der Waals surface area contributed by atoms with Crippen molar-refractivity contribution in [3.63, 3.8) is 0 Å². The zero-order valence-electron chi connectivity index (χ0n) is 15.4. The molecule has 0 saturated heterocycles. The largest absolute Gasteiger partial charge is 0.457 e. The first-order chi connectivity index (χ1) is 14.6. The number of nitro groups is 1. The molecule has 0 spiro atoms. The predicted molar refractivity (Wildman–Crippen MR) is 107 cm³/mol. The zero-order chi connectivity index (χ0) is 20.9. The van der Waals surface area contributed by atoms with Crippen LogP contribution in [0.25, 0.3) is 11.5 Å². The summed E-state index contributed by atoms with van der Waals surface area (Å²) >= 11 is 0. The molecule has 30 heavy (non-hydrogen) atoms. The van der Waals surface area contributed by atoms with E-state index in [2.05, 4.69) is 15.5 Å². The van der Waals surface area contributed by atoms with E-state index >= 15 is 0 Å². The molecule has 1 amide bonds. The highest BCUT2D eigenvalue weighted by Gasteiger charge is 2.19. The molecule has 0 aliphatic rings. The molecular formula is C21H14N4O5. The van der Waals surface area contributed by atoms with Gasteiger partial charge in [-0.1, -0.05) is 24.3 Å². The van der Waals surface area contributed by atoms with E-state index in [4.69, 9.17) is 9.15 Å². The van der Waals surface area contributed by atoms with Crippen LogP contribution in [-0.2, 0) is 0 Å². The number of carbonyl (C=O) groups excluding carboxylic acids is 1. The topological polar surface area (TPSA) is 120 Å². The number of rotatable bonds is 6. The molecule has 0 aliphatic carbocycles. The number of benzene rings is 3. The minimum Gasteiger partial charge on any atom is -0.457 e. The van der Waals surface area contributed by atoms with Gasteiger partial charge in [0.05, 0.1) is 10.5 Å². The van der Waals surface area contributed by atoms with Crippen LogP contribution in [0, 0.1) is 10.1 Å². The van der Waals surface area contributed by atoms with Gasteiger partial charge in [0.15, 0.2) is 0 Å². The Balaban J connectivity index is 1.64. The number of para-hydroxylation sites is 1. The lowest BCUT2D eigenvalue weighted by Gasteiger charge is -2.12. The van der Waals surface area contributed by atoms with E-state index in [-0.39, 0.29) is 17.0 Å². The summed E-state index contributed by atoms with van der Waals surface area (Å²) in [7, 11) is 0. The highest BCUT2D eigenvalue weighted by atomic mass is 16.6. The first-order valence-corrected chi connectivity index (χ1v) is 8.79. The predicted octanol–water partition coefficient (Wildman–Crippen LogP) is 4.69. The van der Waals surface area contributed by atoms with Crippen LogP contribution in [0.2, 0.25) is 0 Å². The number of nitrogens with zero attached hydrogens (tertiary/aromatic N) is 3. The third kappa shape index (κ3) is 4.14. The second-order valence-corrected chi connectivity index (χ2v) is 6.13. The molecule has 148 valence electrons. The number of nitrogens with one attached hydrogen (secondary N) is 1. The number of aromatic nitrogens is 2. The summed E-state index contributed by atoms with van der Waals surface area (Å²) in [5, 5.41) is 21.4. The maximum atomic E-state index is 12.9. The van der Waals surface area contributed by atoms with Gasteiger partial charge in [0.2, 0.25) is 12.3 Å². The van der Waals surface area contributed by atoms with Crippen molar-refractivity contribution < 1.29 is 18.9 Å². The lowest BCUT2D eigenvalue weighted by molar-refractivity contribution is -0.384. The van der Waals surface area contributed by atoms with Gasteiger partial charge in [-0.05, 0) is 36.4 Å². The van der Waals surface area contributed by atoms with Crippen molar-refractivity contribution in [3.8, 4) is 23.0 Å². The molecule has 0 saturated carbocycles. The molecule has 0 radical (unpaired) electrons. The summed E-state index contributed by atoms with van der Waals surface area (Å²) in [5.74, 6) is 0.429. The maximum Gasteiger partial charge on any atom is 0.270 e. The highest BCUT2D eigenvalue weighted by molar-refractivity contribution is 6.06. The van der Waals surface area contributed by atoms with Gasteiger partial charge in [-0.15, -0.1) is 10.2 Å². The van der Waals surface area contributed by atoms with E-state index in [1.165, 1.54) is 24.6 Å². The Morgan fingerprint density at radius 3 is 2.60 bits per heavy atom. The number of hydrogen-bond donors (Lipinski definition) is 1. The molecule has 0 fully saturated rings. The minimum atomic E-state index is -0.570. The third-order valence-electron chi connectivity index (χ3n) is 4.12. The molecule has 9 nitrogen and oxygen atoms in total. The van der Waals surface area contributed by atoms with Gasteiger partial charge in [-0.25, -0.2) is 0 Å². The molecular weight excluding hydrogens is 388 g/mol. The SMILES string of the molecule is O=C(Nc1cccc(-c2nnco2)c1)c1cc([N+](=O)[O-])ccc1Oc1ccccc1. The summed E-state index contributed by atoms with van der Waals surface area (Å²) in [4.78, 5) is 23.6. The second kappa shape index (κ2) is 8.23. The number of carbonyl (C=O) groups is 1. The standard InChI is InChI=1S/C21H14N4O5/c26-20(23-15-6-4-5-14(11-15)21-24-22-13-29-21)18-12-16(25(27)28)9-10-19(18)30-17-7-2-1-3-8-17/h1-13H,(H,23,26). The summed E-state index contributed by atoms with van der Waals surface area (Å²) < 4.78 is 10.9. The molecule has 0 unspecified atom stereocenters. The van der Waals surface area contributed by atoms with Gasteiger partial charge in [0, 0.05) is 23.4 Å².